The lowest BCUT2D eigenvalue weighted by Gasteiger charge is -2.31. The minimum Gasteiger partial charge on any atom is -0.381 e. The van der Waals surface area contributed by atoms with E-state index in [0.717, 1.165) is 19.1 Å². The Morgan fingerprint density at radius 1 is 0.938 bits per heavy atom. The van der Waals surface area contributed by atoms with Gasteiger partial charge in [-0.2, -0.15) is 0 Å². The molecule has 1 saturated carbocycles. The number of rotatable bonds is 3. The molecular weight excluding hydrogens is 198 g/mol. The third-order valence-electron chi connectivity index (χ3n) is 4.33. The third-order valence-corrected chi connectivity index (χ3v) is 4.33. The summed E-state index contributed by atoms with van der Waals surface area (Å²) < 4.78 is 5.41. The average Bonchev–Trinajstić information content (AvgIpc) is 2.59. The van der Waals surface area contributed by atoms with Crippen molar-refractivity contribution in [1.82, 2.24) is 5.32 Å². The van der Waals surface area contributed by atoms with E-state index in [4.69, 9.17) is 4.74 Å². The van der Waals surface area contributed by atoms with Crippen LogP contribution in [0, 0.1) is 5.92 Å². The van der Waals surface area contributed by atoms with Crippen molar-refractivity contribution in [2.24, 2.45) is 5.92 Å². The first-order valence-electron chi connectivity index (χ1n) is 7.20. The first-order valence-corrected chi connectivity index (χ1v) is 7.20. The molecule has 0 amide bonds. The number of hydrogen-bond acceptors (Lipinski definition) is 2. The maximum atomic E-state index is 5.41. The summed E-state index contributed by atoms with van der Waals surface area (Å²) >= 11 is 0. The van der Waals surface area contributed by atoms with Crippen LogP contribution in [0.4, 0.5) is 0 Å². The maximum Gasteiger partial charge on any atom is 0.0480 e. The fourth-order valence-corrected chi connectivity index (χ4v) is 3.18. The van der Waals surface area contributed by atoms with Gasteiger partial charge in [0.25, 0.3) is 0 Å². The molecule has 1 aliphatic heterocycles. The van der Waals surface area contributed by atoms with Gasteiger partial charge in [-0.3, -0.25) is 0 Å². The highest BCUT2D eigenvalue weighted by Gasteiger charge is 2.22. The summed E-state index contributed by atoms with van der Waals surface area (Å²) in [4.78, 5) is 0. The van der Waals surface area contributed by atoms with E-state index in [1.165, 1.54) is 51.4 Å². The molecule has 0 aromatic carbocycles. The van der Waals surface area contributed by atoms with Gasteiger partial charge in [-0.1, -0.05) is 25.7 Å². The van der Waals surface area contributed by atoms with E-state index in [9.17, 15) is 0 Å². The van der Waals surface area contributed by atoms with E-state index < -0.39 is 0 Å². The lowest BCUT2D eigenvalue weighted by atomic mass is 9.92. The summed E-state index contributed by atoms with van der Waals surface area (Å²) in [6.45, 7) is 4.30. The zero-order valence-corrected chi connectivity index (χ0v) is 10.7. The van der Waals surface area contributed by atoms with Crippen molar-refractivity contribution >= 4 is 0 Å². The molecule has 2 aliphatic rings. The van der Waals surface area contributed by atoms with E-state index in [0.29, 0.717) is 12.1 Å². The van der Waals surface area contributed by atoms with Crippen LogP contribution in [0.15, 0.2) is 0 Å². The Kier molecular flexibility index (Phi) is 5.11. The summed E-state index contributed by atoms with van der Waals surface area (Å²) in [5, 5.41) is 3.84. The number of nitrogens with one attached hydrogen (secondary N) is 1. The molecule has 2 nitrogen and oxygen atoms in total. The van der Waals surface area contributed by atoms with E-state index >= 15 is 0 Å². The van der Waals surface area contributed by atoms with E-state index in [1.54, 1.807) is 0 Å². The Labute approximate surface area is 100 Å². The summed E-state index contributed by atoms with van der Waals surface area (Å²) in [6.07, 6.45) is 11.1. The highest BCUT2D eigenvalue weighted by molar-refractivity contribution is 4.80. The van der Waals surface area contributed by atoms with Crippen LogP contribution in [0.5, 0.6) is 0 Å². The molecule has 1 saturated heterocycles. The third kappa shape index (κ3) is 3.74. The molecule has 0 aromatic heterocycles. The van der Waals surface area contributed by atoms with Gasteiger partial charge in [-0.05, 0) is 38.5 Å². The Balaban J connectivity index is 1.74. The molecule has 16 heavy (non-hydrogen) atoms. The van der Waals surface area contributed by atoms with Gasteiger partial charge in [-0.25, -0.2) is 0 Å². The molecule has 2 heteroatoms. The molecule has 0 unspecified atom stereocenters. The quantitative estimate of drug-likeness (QED) is 0.745. The van der Waals surface area contributed by atoms with E-state index in [2.05, 4.69) is 12.2 Å². The Bertz CT molecular complexity index is 181. The van der Waals surface area contributed by atoms with Crippen molar-refractivity contribution in [1.29, 1.82) is 0 Å². The number of ether oxygens (including phenoxy) is 1. The fourth-order valence-electron chi connectivity index (χ4n) is 3.18. The average molecular weight is 225 g/mol. The van der Waals surface area contributed by atoms with Crippen molar-refractivity contribution in [2.75, 3.05) is 13.2 Å². The smallest absolute Gasteiger partial charge is 0.0480 e. The van der Waals surface area contributed by atoms with Crippen LogP contribution in [0.2, 0.25) is 0 Å². The van der Waals surface area contributed by atoms with Crippen LogP contribution in [0.1, 0.15) is 58.3 Å². The van der Waals surface area contributed by atoms with Gasteiger partial charge < -0.3 is 10.1 Å². The monoisotopic (exact) mass is 225 g/mol. The Morgan fingerprint density at radius 3 is 2.19 bits per heavy atom. The summed E-state index contributed by atoms with van der Waals surface area (Å²) in [6, 6.07) is 1.42. The van der Waals surface area contributed by atoms with Crippen molar-refractivity contribution < 1.29 is 4.74 Å². The van der Waals surface area contributed by atoms with Gasteiger partial charge in [0, 0.05) is 25.3 Å². The van der Waals surface area contributed by atoms with Gasteiger partial charge in [0.05, 0.1) is 0 Å². The van der Waals surface area contributed by atoms with Crippen LogP contribution in [0.3, 0.4) is 0 Å². The molecule has 1 atom stereocenters. The molecule has 0 bridgehead atoms. The van der Waals surface area contributed by atoms with Crippen LogP contribution < -0.4 is 5.32 Å². The standard InChI is InChI=1S/C14H27NO/c1-12(13-6-4-2-3-5-7-13)15-14-8-10-16-11-9-14/h12-15H,2-11H2,1H3/t12-/m0/s1. The normalized spacial score (nSPS) is 27.6. The SMILES string of the molecule is C[C@H](NC1CCOCC1)C1CCCCCC1. The highest BCUT2D eigenvalue weighted by atomic mass is 16.5. The van der Waals surface area contributed by atoms with Gasteiger partial charge in [0.2, 0.25) is 0 Å². The van der Waals surface area contributed by atoms with Gasteiger partial charge in [0.15, 0.2) is 0 Å². The number of hydrogen-bond donors (Lipinski definition) is 1. The minimum atomic E-state index is 0.709. The molecule has 0 radical (unpaired) electrons. The molecule has 1 aliphatic carbocycles. The van der Waals surface area contributed by atoms with Crippen molar-refractivity contribution in [2.45, 2.75) is 70.4 Å². The second kappa shape index (κ2) is 6.61. The second-order valence-electron chi connectivity index (χ2n) is 5.59. The summed E-state index contributed by atoms with van der Waals surface area (Å²) in [5.74, 6) is 0.922. The predicted molar refractivity (Wildman–Crippen MR) is 67.6 cm³/mol. The van der Waals surface area contributed by atoms with Crippen LogP contribution >= 0.6 is 0 Å². The van der Waals surface area contributed by atoms with E-state index in [1.807, 2.05) is 0 Å². The van der Waals surface area contributed by atoms with Crippen molar-refractivity contribution in [3.8, 4) is 0 Å². The first-order chi connectivity index (χ1) is 7.86. The fraction of sp³-hybridized carbons (Fsp3) is 1.00. The minimum absolute atomic E-state index is 0.709. The van der Waals surface area contributed by atoms with E-state index in [-0.39, 0.29) is 0 Å². The predicted octanol–water partition coefficient (Wildman–Crippen LogP) is 3.11. The topological polar surface area (TPSA) is 21.3 Å². The largest absolute Gasteiger partial charge is 0.381 e. The zero-order valence-electron chi connectivity index (χ0n) is 10.7. The summed E-state index contributed by atoms with van der Waals surface area (Å²) in [5.41, 5.74) is 0. The second-order valence-corrected chi connectivity index (χ2v) is 5.59. The molecule has 94 valence electrons. The zero-order chi connectivity index (χ0) is 11.2. The van der Waals surface area contributed by atoms with Crippen LogP contribution in [-0.4, -0.2) is 25.3 Å². The lowest BCUT2D eigenvalue weighted by molar-refractivity contribution is 0.0725. The molecule has 1 heterocycles. The molecule has 2 rings (SSSR count). The first kappa shape index (κ1) is 12.4. The van der Waals surface area contributed by atoms with Crippen LogP contribution in [0.25, 0.3) is 0 Å². The molecule has 0 aromatic rings. The molecular formula is C14H27NO. The lowest BCUT2D eigenvalue weighted by Crippen LogP contribution is -2.43. The van der Waals surface area contributed by atoms with Crippen LogP contribution in [-0.2, 0) is 4.74 Å². The molecule has 1 N–H and O–H groups in total. The Morgan fingerprint density at radius 2 is 1.56 bits per heavy atom. The Hall–Kier alpha value is -0.0800. The highest BCUT2D eigenvalue weighted by Crippen LogP contribution is 2.26. The van der Waals surface area contributed by atoms with Gasteiger partial charge >= 0.3 is 0 Å². The molecule has 0 spiro atoms. The van der Waals surface area contributed by atoms with Crippen molar-refractivity contribution in [3.63, 3.8) is 0 Å². The van der Waals surface area contributed by atoms with Gasteiger partial charge in [0.1, 0.15) is 0 Å². The van der Waals surface area contributed by atoms with Crippen molar-refractivity contribution in [3.05, 3.63) is 0 Å². The van der Waals surface area contributed by atoms with Gasteiger partial charge in [-0.15, -0.1) is 0 Å². The summed E-state index contributed by atoms with van der Waals surface area (Å²) in [7, 11) is 0. The maximum absolute atomic E-state index is 5.41. The molecule has 2 fully saturated rings.